The summed E-state index contributed by atoms with van der Waals surface area (Å²) in [6, 6.07) is 12.1. The number of aromatic hydroxyl groups is 1. The highest BCUT2D eigenvalue weighted by molar-refractivity contribution is 6.00. The summed E-state index contributed by atoms with van der Waals surface area (Å²) in [4.78, 5) is 54.9. The minimum absolute atomic E-state index is 0.115. The van der Waals surface area contributed by atoms with Gasteiger partial charge in [0, 0.05) is 70.0 Å². The third-order valence-electron chi connectivity index (χ3n) is 11.5. The summed E-state index contributed by atoms with van der Waals surface area (Å²) in [7, 11) is 1.72. The molecule has 1 saturated carbocycles. The molecule has 3 aromatic carbocycles. The van der Waals surface area contributed by atoms with Crippen LogP contribution in [-0.4, -0.2) is 79.4 Å². The van der Waals surface area contributed by atoms with Gasteiger partial charge in [0.05, 0.1) is 28.2 Å². The molecule has 0 unspecified atom stereocenters. The number of carbonyl (C=O) groups is 3. The number of aryl methyl sites for hydroxylation is 1. The number of imide groups is 1. The van der Waals surface area contributed by atoms with Gasteiger partial charge in [0.25, 0.3) is 5.91 Å². The molecule has 3 fully saturated rings. The van der Waals surface area contributed by atoms with Crippen LogP contribution in [-0.2, 0) is 23.2 Å². The van der Waals surface area contributed by atoms with Crippen molar-refractivity contribution in [2.75, 3.05) is 37.6 Å². The number of anilines is 1. The number of rotatable bonds is 8. The van der Waals surface area contributed by atoms with Gasteiger partial charge in [0.15, 0.2) is 17.4 Å². The van der Waals surface area contributed by atoms with Crippen molar-refractivity contribution in [3.05, 3.63) is 87.7 Å². The molecule has 0 bridgehead atoms. The van der Waals surface area contributed by atoms with Crippen LogP contribution < -0.4 is 21.2 Å². The SMILES string of the molecule is Cn1c(=O)n([C@@H]2CCC(=O)NC2=O)c2cccc(CN3CCN(c4ccc5cn(C6CCC(CNC(=O)c7cc(F)c(O)c(F)c7F)CC6)nc5c4)CC3)c21. The van der Waals surface area contributed by atoms with Crippen molar-refractivity contribution >= 4 is 45.3 Å². The number of amides is 3. The maximum absolute atomic E-state index is 14.1. The fourth-order valence-electron chi connectivity index (χ4n) is 8.39. The number of benzene rings is 3. The number of hydrogen-bond donors (Lipinski definition) is 3. The van der Waals surface area contributed by atoms with Crippen LogP contribution in [0.4, 0.5) is 18.9 Å². The first-order valence-corrected chi connectivity index (χ1v) is 18.6. The maximum Gasteiger partial charge on any atom is 0.329 e. The maximum atomic E-state index is 14.1. The molecule has 4 heterocycles. The quantitative estimate of drug-likeness (QED) is 0.157. The number of aromatic nitrogens is 4. The van der Waals surface area contributed by atoms with Crippen LogP contribution in [0.1, 0.15) is 66.5 Å². The number of nitrogens with zero attached hydrogens (tertiary/aromatic N) is 6. The van der Waals surface area contributed by atoms with E-state index in [-0.39, 0.29) is 42.9 Å². The van der Waals surface area contributed by atoms with Gasteiger partial charge in [-0.2, -0.15) is 9.49 Å². The number of para-hydroxylation sites is 1. The van der Waals surface area contributed by atoms with Crippen LogP contribution in [0.25, 0.3) is 21.9 Å². The van der Waals surface area contributed by atoms with Gasteiger partial charge in [-0.05, 0) is 73.9 Å². The minimum Gasteiger partial charge on any atom is -0.503 e. The standard InChI is InChI=1S/C39H41F3N8O5/c1-46-35-24(3-2-4-30(35)50(39(46)55)31-11-12-32(51)44-38(31)54)20-47-13-15-48(16-14-47)26-10-7-23-21-49(45-29(23)17-26)25-8-5-22(6-9-25)19-43-37(53)27-18-28(40)36(52)34(42)33(27)41/h2-4,7,10,17-18,21-22,25,31,52H,5-6,8-9,11-16,19-20H2,1H3,(H,43,53)(H,44,51,54)/t22?,25?,31-/m1/s1. The topological polar surface area (TPSA) is 147 Å². The van der Waals surface area contributed by atoms with Crippen molar-refractivity contribution < 1.29 is 32.7 Å². The van der Waals surface area contributed by atoms with E-state index >= 15 is 0 Å². The average Bonchev–Trinajstić information content (AvgIpc) is 3.73. The third kappa shape index (κ3) is 6.83. The van der Waals surface area contributed by atoms with Gasteiger partial charge in [-0.25, -0.2) is 13.6 Å². The van der Waals surface area contributed by atoms with Crippen molar-refractivity contribution in [2.24, 2.45) is 13.0 Å². The molecule has 16 heteroatoms. The van der Waals surface area contributed by atoms with E-state index in [1.165, 1.54) is 4.57 Å². The predicted molar refractivity (Wildman–Crippen MR) is 197 cm³/mol. The molecule has 1 atom stereocenters. The number of phenolic OH excluding ortho intramolecular Hbond substituents is 1. The number of phenols is 1. The summed E-state index contributed by atoms with van der Waals surface area (Å²) in [5.41, 5.74) is 3.40. The summed E-state index contributed by atoms with van der Waals surface area (Å²) in [5, 5.41) is 20.1. The van der Waals surface area contributed by atoms with E-state index < -0.39 is 46.6 Å². The lowest BCUT2D eigenvalue weighted by molar-refractivity contribution is -0.135. The molecule has 3 aliphatic rings. The molecule has 55 heavy (non-hydrogen) atoms. The fourth-order valence-corrected chi connectivity index (χ4v) is 8.39. The van der Waals surface area contributed by atoms with Crippen molar-refractivity contribution in [1.82, 2.24) is 34.4 Å². The van der Waals surface area contributed by atoms with Gasteiger partial charge in [0.1, 0.15) is 6.04 Å². The van der Waals surface area contributed by atoms with Crippen LogP contribution >= 0.6 is 0 Å². The first-order chi connectivity index (χ1) is 26.5. The number of piperazine rings is 1. The van der Waals surface area contributed by atoms with E-state index in [0.29, 0.717) is 18.1 Å². The summed E-state index contributed by atoms with van der Waals surface area (Å²) in [6.07, 6.45) is 5.76. The zero-order valence-corrected chi connectivity index (χ0v) is 30.2. The molecule has 0 spiro atoms. The van der Waals surface area contributed by atoms with Gasteiger partial charge < -0.3 is 15.3 Å². The van der Waals surface area contributed by atoms with Crippen molar-refractivity contribution in [1.29, 1.82) is 0 Å². The van der Waals surface area contributed by atoms with E-state index in [9.17, 15) is 37.5 Å². The molecule has 1 aliphatic carbocycles. The summed E-state index contributed by atoms with van der Waals surface area (Å²) < 4.78 is 46.7. The van der Waals surface area contributed by atoms with E-state index in [0.717, 1.165) is 79.5 Å². The third-order valence-corrected chi connectivity index (χ3v) is 11.5. The Bertz CT molecular complexity index is 2390. The van der Waals surface area contributed by atoms with E-state index in [1.54, 1.807) is 11.6 Å². The zero-order chi connectivity index (χ0) is 38.5. The number of hydrogen-bond acceptors (Lipinski definition) is 8. The number of imidazole rings is 1. The Kier molecular flexibility index (Phi) is 9.61. The Labute approximate surface area is 313 Å². The first-order valence-electron chi connectivity index (χ1n) is 18.6. The lowest BCUT2D eigenvalue weighted by atomic mass is 9.86. The number of halogens is 3. The van der Waals surface area contributed by atoms with Crippen molar-refractivity contribution in [3.8, 4) is 5.75 Å². The first kappa shape index (κ1) is 36.3. The second-order valence-electron chi connectivity index (χ2n) is 14.8. The smallest absolute Gasteiger partial charge is 0.329 e. The van der Waals surface area contributed by atoms with Crippen LogP contribution in [0, 0.1) is 23.4 Å². The van der Waals surface area contributed by atoms with Gasteiger partial charge in [-0.3, -0.25) is 38.4 Å². The van der Waals surface area contributed by atoms with Crippen LogP contribution in [0.5, 0.6) is 5.75 Å². The molecule has 2 aromatic heterocycles. The summed E-state index contributed by atoms with van der Waals surface area (Å²) in [5.74, 6) is -7.81. The molecule has 5 aromatic rings. The Hall–Kier alpha value is -5.64. The Morgan fingerprint density at radius 1 is 0.964 bits per heavy atom. The highest BCUT2D eigenvalue weighted by Crippen LogP contribution is 2.34. The normalized spacial score (nSPS) is 21.0. The monoisotopic (exact) mass is 758 g/mol. The van der Waals surface area contributed by atoms with E-state index in [2.05, 4.69) is 44.8 Å². The van der Waals surface area contributed by atoms with Gasteiger partial charge in [0.2, 0.25) is 17.6 Å². The molecule has 13 nitrogen and oxygen atoms in total. The number of carbonyl (C=O) groups excluding carboxylic acids is 3. The highest BCUT2D eigenvalue weighted by atomic mass is 19.2. The number of piperidine rings is 1. The van der Waals surface area contributed by atoms with Gasteiger partial charge in [-0.1, -0.05) is 12.1 Å². The number of nitrogens with one attached hydrogen (secondary N) is 2. The molecule has 3 N–H and O–H groups in total. The zero-order valence-electron chi connectivity index (χ0n) is 30.2. The Morgan fingerprint density at radius 2 is 1.73 bits per heavy atom. The van der Waals surface area contributed by atoms with Crippen LogP contribution in [0.15, 0.2) is 53.5 Å². The summed E-state index contributed by atoms with van der Waals surface area (Å²) in [6.45, 7) is 4.12. The largest absolute Gasteiger partial charge is 0.503 e. The predicted octanol–water partition coefficient (Wildman–Crippen LogP) is 4.27. The van der Waals surface area contributed by atoms with Crippen molar-refractivity contribution in [2.45, 2.75) is 57.2 Å². The summed E-state index contributed by atoms with van der Waals surface area (Å²) >= 11 is 0. The van der Waals surface area contributed by atoms with Gasteiger partial charge in [-0.15, -0.1) is 0 Å². The van der Waals surface area contributed by atoms with Crippen LogP contribution in [0.3, 0.4) is 0 Å². The minimum atomic E-state index is -1.79. The van der Waals surface area contributed by atoms with Crippen molar-refractivity contribution in [3.63, 3.8) is 0 Å². The molecule has 0 radical (unpaired) electrons. The molecular weight excluding hydrogens is 717 g/mol. The van der Waals surface area contributed by atoms with E-state index in [4.69, 9.17) is 5.10 Å². The van der Waals surface area contributed by atoms with Crippen LogP contribution in [0.2, 0.25) is 0 Å². The lowest BCUT2D eigenvalue weighted by Crippen LogP contribution is -2.46. The molecule has 8 rings (SSSR count). The molecular formula is C39H41F3N8O5. The second-order valence-corrected chi connectivity index (χ2v) is 14.8. The molecule has 3 amide bonds. The molecule has 288 valence electrons. The molecule has 2 saturated heterocycles. The Balaban J connectivity index is 0.864. The number of fused-ring (bicyclic) bond motifs is 2. The van der Waals surface area contributed by atoms with Gasteiger partial charge >= 0.3 is 5.69 Å². The Morgan fingerprint density at radius 3 is 2.47 bits per heavy atom. The second kappa shape index (κ2) is 14.5. The fraction of sp³-hybridized carbons (Fsp3) is 0.410. The van der Waals surface area contributed by atoms with E-state index in [1.807, 2.05) is 22.9 Å². The lowest BCUT2D eigenvalue weighted by Gasteiger charge is -2.36. The highest BCUT2D eigenvalue weighted by Gasteiger charge is 2.32. The molecule has 2 aliphatic heterocycles. The average molecular weight is 759 g/mol.